The Morgan fingerprint density at radius 3 is 2.78 bits per heavy atom. The lowest BCUT2D eigenvalue weighted by molar-refractivity contribution is -0.275. The van der Waals surface area contributed by atoms with E-state index >= 15 is 0 Å². The van der Waals surface area contributed by atoms with Crippen LogP contribution in [-0.4, -0.2) is 30.3 Å². The number of nitrogens with zero attached hydrogens (tertiary/aromatic N) is 1. The van der Waals surface area contributed by atoms with Crippen molar-refractivity contribution >= 4 is 5.91 Å². The van der Waals surface area contributed by atoms with Crippen molar-refractivity contribution in [2.24, 2.45) is 11.7 Å². The summed E-state index contributed by atoms with van der Waals surface area (Å²) in [7, 11) is 0. The topological polar surface area (TPSA) is 55.6 Å². The molecule has 2 rings (SSSR count). The zero-order valence-corrected chi connectivity index (χ0v) is 12.4. The van der Waals surface area contributed by atoms with E-state index in [0.717, 1.165) is 25.0 Å². The molecule has 1 aromatic rings. The Kier molecular flexibility index (Phi) is 5.46. The van der Waals surface area contributed by atoms with Gasteiger partial charge in [0.15, 0.2) is 0 Å². The first-order valence-electron chi connectivity index (χ1n) is 7.28. The Morgan fingerprint density at radius 1 is 1.39 bits per heavy atom. The first-order chi connectivity index (χ1) is 10.7. The third-order valence-corrected chi connectivity index (χ3v) is 3.78. The minimum Gasteiger partial charge on any atom is -0.405 e. The highest BCUT2D eigenvalue weighted by atomic mass is 19.4. The number of primary amides is 1. The number of benzene rings is 1. The average Bonchev–Trinajstić information content (AvgIpc) is 2.41. The predicted molar refractivity (Wildman–Crippen MR) is 74.9 cm³/mol. The Bertz CT molecular complexity index is 563. The van der Waals surface area contributed by atoms with Crippen LogP contribution in [0.4, 0.5) is 17.6 Å². The molecule has 128 valence electrons. The summed E-state index contributed by atoms with van der Waals surface area (Å²) >= 11 is 0. The summed E-state index contributed by atoms with van der Waals surface area (Å²) in [6.45, 7) is 1.10. The summed E-state index contributed by atoms with van der Waals surface area (Å²) in [4.78, 5) is 12.8. The second-order valence-corrected chi connectivity index (χ2v) is 5.68. The molecule has 23 heavy (non-hydrogen) atoms. The second kappa shape index (κ2) is 7.16. The maximum Gasteiger partial charge on any atom is 0.573 e. The second-order valence-electron chi connectivity index (χ2n) is 5.68. The van der Waals surface area contributed by atoms with Crippen molar-refractivity contribution in [2.45, 2.75) is 32.2 Å². The zero-order chi connectivity index (χ0) is 17.0. The van der Waals surface area contributed by atoms with E-state index < -0.39 is 23.8 Å². The van der Waals surface area contributed by atoms with Crippen LogP contribution in [0.5, 0.6) is 5.75 Å². The van der Waals surface area contributed by atoms with E-state index in [1.807, 2.05) is 4.90 Å². The monoisotopic (exact) mass is 334 g/mol. The highest BCUT2D eigenvalue weighted by molar-refractivity contribution is 5.74. The van der Waals surface area contributed by atoms with Gasteiger partial charge >= 0.3 is 6.36 Å². The number of piperidine rings is 1. The Morgan fingerprint density at radius 2 is 2.13 bits per heavy atom. The van der Waals surface area contributed by atoms with E-state index in [4.69, 9.17) is 5.73 Å². The number of amides is 1. The molecule has 4 nitrogen and oxygen atoms in total. The SMILES string of the molecule is NC(=O)C[C@@H]1CCCN(Cc2c(F)cccc2OC(F)(F)F)C1. The number of hydrogen-bond donors (Lipinski definition) is 1. The molecule has 0 aliphatic carbocycles. The minimum absolute atomic E-state index is 0.00660. The first-order valence-corrected chi connectivity index (χ1v) is 7.28. The fourth-order valence-electron chi connectivity index (χ4n) is 2.88. The van der Waals surface area contributed by atoms with E-state index in [-0.39, 0.29) is 24.4 Å². The molecule has 0 saturated carbocycles. The van der Waals surface area contributed by atoms with E-state index in [2.05, 4.69) is 4.74 Å². The first kappa shape index (κ1) is 17.5. The van der Waals surface area contributed by atoms with Gasteiger partial charge in [-0.2, -0.15) is 0 Å². The van der Waals surface area contributed by atoms with E-state index in [9.17, 15) is 22.4 Å². The molecule has 1 saturated heterocycles. The fourth-order valence-corrected chi connectivity index (χ4v) is 2.88. The van der Waals surface area contributed by atoms with Gasteiger partial charge in [-0.3, -0.25) is 9.69 Å². The van der Waals surface area contributed by atoms with Gasteiger partial charge in [0.2, 0.25) is 5.91 Å². The molecule has 1 atom stereocenters. The number of alkyl halides is 3. The normalized spacial score (nSPS) is 19.6. The molecule has 1 amide bonds. The molecule has 0 unspecified atom stereocenters. The summed E-state index contributed by atoms with van der Waals surface area (Å²) in [6, 6.07) is 3.37. The van der Waals surface area contributed by atoms with Crippen LogP contribution in [0.3, 0.4) is 0 Å². The van der Waals surface area contributed by atoms with Gasteiger partial charge in [-0.05, 0) is 37.4 Å². The van der Waals surface area contributed by atoms with Crippen LogP contribution in [0.2, 0.25) is 0 Å². The van der Waals surface area contributed by atoms with E-state index in [0.29, 0.717) is 13.1 Å². The minimum atomic E-state index is -4.88. The van der Waals surface area contributed by atoms with Crippen molar-refractivity contribution in [3.8, 4) is 5.75 Å². The van der Waals surface area contributed by atoms with Crippen molar-refractivity contribution in [3.63, 3.8) is 0 Å². The fraction of sp³-hybridized carbons (Fsp3) is 0.533. The summed E-state index contributed by atoms with van der Waals surface area (Å²) in [6.07, 6.45) is -3.05. The van der Waals surface area contributed by atoms with Gasteiger partial charge in [-0.15, -0.1) is 13.2 Å². The molecule has 8 heteroatoms. The van der Waals surface area contributed by atoms with Gasteiger partial charge < -0.3 is 10.5 Å². The summed E-state index contributed by atoms with van der Waals surface area (Å²) in [5, 5.41) is 0. The summed E-state index contributed by atoms with van der Waals surface area (Å²) < 4.78 is 55.1. The molecule has 1 fully saturated rings. The van der Waals surface area contributed by atoms with Crippen LogP contribution in [0.25, 0.3) is 0 Å². The number of likely N-dealkylation sites (tertiary alicyclic amines) is 1. The van der Waals surface area contributed by atoms with Gasteiger partial charge in [0.05, 0.1) is 0 Å². The number of rotatable bonds is 5. The zero-order valence-electron chi connectivity index (χ0n) is 12.4. The Balaban J connectivity index is 2.11. The molecule has 0 spiro atoms. The smallest absolute Gasteiger partial charge is 0.405 e. The largest absolute Gasteiger partial charge is 0.573 e. The highest BCUT2D eigenvalue weighted by Crippen LogP contribution is 2.30. The van der Waals surface area contributed by atoms with E-state index in [1.54, 1.807) is 0 Å². The molecular weight excluding hydrogens is 316 g/mol. The number of hydrogen-bond acceptors (Lipinski definition) is 3. The van der Waals surface area contributed by atoms with Gasteiger partial charge in [-0.1, -0.05) is 6.07 Å². The lowest BCUT2D eigenvalue weighted by atomic mass is 9.94. The summed E-state index contributed by atoms with van der Waals surface area (Å²) in [5.74, 6) is -1.65. The van der Waals surface area contributed by atoms with Gasteiger partial charge in [-0.25, -0.2) is 4.39 Å². The van der Waals surface area contributed by atoms with Crippen molar-refractivity contribution in [1.29, 1.82) is 0 Å². The summed E-state index contributed by atoms with van der Waals surface area (Å²) in [5.41, 5.74) is 5.04. The number of halogens is 4. The predicted octanol–water partition coefficient (Wildman–Crippen LogP) is 2.81. The van der Waals surface area contributed by atoms with E-state index in [1.165, 1.54) is 6.07 Å². The molecule has 0 aromatic heterocycles. The molecular formula is C15H18F4N2O2. The molecule has 0 bridgehead atoms. The van der Waals surface area contributed by atoms with Gasteiger partial charge in [0.25, 0.3) is 0 Å². The maximum atomic E-state index is 13.9. The average molecular weight is 334 g/mol. The van der Waals surface area contributed by atoms with Crippen LogP contribution in [-0.2, 0) is 11.3 Å². The maximum absolute atomic E-state index is 13.9. The standard InChI is InChI=1S/C15H18F4N2O2/c16-12-4-1-5-13(23-15(17,18)19)11(12)9-21-6-2-3-10(8-21)7-14(20)22/h1,4-5,10H,2-3,6-9H2,(H2,20,22)/t10-/m0/s1. The van der Waals surface area contributed by atoms with Crippen molar-refractivity contribution in [2.75, 3.05) is 13.1 Å². The molecule has 1 aromatic carbocycles. The van der Waals surface area contributed by atoms with Crippen LogP contribution in [0, 0.1) is 11.7 Å². The molecule has 0 radical (unpaired) electrons. The molecule has 1 heterocycles. The van der Waals surface area contributed by atoms with Crippen LogP contribution >= 0.6 is 0 Å². The Labute approximate surface area is 131 Å². The van der Waals surface area contributed by atoms with Crippen LogP contribution in [0.15, 0.2) is 18.2 Å². The van der Waals surface area contributed by atoms with Crippen LogP contribution < -0.4 is 10.5 Å². The number of carbonyl (C=O) groups excluding carboxylic acids is 1. The Hall–Kier alpha value is -1.83. The van der Waals surface area contributed by atoms with Gasteiger partial charge in [0.1, 0.15) is 11.6 Å². The number of ether oxygens (including phenoxy) is 1. The third-order valence-electron chi connectivity index (χ3n) is 3.78. The van der Waals surface area contributed by atoms with Gasteiger partial charge in [0, 0.05) is 25.1 Å². The number of carbonyl (C=O) groups is 1. The van der Waals surface area contributed by atoms with Crippen molar-refractivity contribution in [1.82, 2.24) is 4.90 Å². The lowest BCUT2D eigenvalue weighted by Gasteiger charge is -2.32. The lowest BCUT2D eigenvalue weighted by Crippen LogP contribution is -2.37. The number of nitrogens with two attached hydrogens (primary N) is 1. The van der Waals surface area contributed by atoms with Crippen molar-refractivity contribution in [3.05, 3.63) is 29.6 Å². The quantitative estimate of drug-likeness (QED) is 0.843. The third kappa shape index (κ3) is 5.38. The molecule has 1 aliphatic heterocycles. The highest BCUT2D eigenvalue weighted by Gasteiger charge is 2.33. The molecule has 1 aliphatic rings. The van der Waals surface area contributed by atoms with Crippen LogP contribution in [0.1, 0.15) is 24.8 Å². The van der Waals surface area contributed by atoms with Crippen molar-refractivity contribution < 1.29 is 27.1 Å². The molecule has 2 N–H and O–H groups in total.